The van der Waals surface area contributed by atoms with Gasteiger partial charge >= 0.3 is 5.97 Å². The van der Waals surface area contributed by atoms with E-state index in [9.17, 15) is 14.7 Å². The van der Waals surface area contributed by atoms with Crippen LogP contribution in [-0.4, -0.2) is 17.0 Å². The van der Waals surface area contributed by atoms with E-state index in [-0.39, 0.29) is 23.4 Å². The fourth-order valence-electron chi connectivity index (χ4n) is 4.07. The van der Waals surface area contributed by atoms with Gasteiger partial charge < -0.3 is 19.9 Å². The number of rotatable bonds is 9. The number of para-hydroxylation sites is 1. The van der Waals surface area contributed by atoms with Crippen molar-refractivity contribution < 1.29 is 24.2 Å². The van der Waals surface area contributed by atoms with Crippen LogP contribution in [0.4, 0.5) is 5.69 Å². The number of benzene rings is 5. The zero-order chi connectivity index (χ0) is 27.0. The Bertz CT molecular complexity index is 1590. The monoisotopic (exact) mass is 515 g/mol. The first-order valence-electron chi connectivity index (χ1n) is 12.3. The molecule has 192 valence electrons. The zero-order valence-corrected chi connectivity index (χ0v) is 20.9. The molecule has 0 saturated heterocycles. The van der Waals surface area contributed by atoms with Crippen molar-refractivity contribution in [2.45, 2.75) is 6.61 Å². The van der Waals surface area contributed by atoms with E-state index in [1.165, 1.54) is 6.07 Å². The lowest BCUT2D eigenvalue weighted by atomic mass is 10.0. The number of carbonyl (C=O) groups excluding carboxylic acids is 1. The molecule has 0 aromatic heterocycles. The summed E-state index contributed by atoms with van der Waals surface area (Å²) in [6, 6.07) is 38.2. The maximum absolute atomic E-state index is 13.6. The van der Waals surface area contributed by atoms with Crippen molar-refractivity contribution in [2.75, 3.05) is 5.32 Å². The van der Waals surface area contributed by atoms with Crippen molar-refractivity contribution in [1.29, 1.82) is 0 Å². The van der Waals surface area contributed by atoms with Gasteiger partial charge in [0.2, 0.25) is 0 Å². The number of aromatic carboxylic acids is 1. The molecule has 5 aromatic rings. The molecular weight excluding hydrogens is 490 g/mol. The third-order valence-corrected chi connectivity index (χ3v) is 6.02. The van der Waals surface area contributed by atoms with Gasteiger partial charge in [0.15, 0.2) is 0 Å². The van der Waals surface area contributed by atoms with Gasteiger partial charge in [0.1, 0.15) is 23.9 Å². The molecule has 0 aliphatic rings. The molecule has 6 heteroatoms. The molecule has 0 heterocycles. The summed E-state index contributed by atoms with van der Waals surface area (Å²) in [5.41, 5.74) is 2.98. The normalized spacial score (nSPS) is 10.5. The van der Waals surface area contributed by atoms with E-state index in [0.717, 1.165) is 16.7 Å². The average molecular weight is 516 g/mol. The van der Waals surface area contributed by atoms with E-state index in [2.05, 4.69) is 5.32 Å². The highest BCUT2D eigenvalue weighted by Crippen LogP contribution is 2.31. The second kappa shape index (κ2) is 11.8. The number of carboxylic acids is 1. The molecule has 0 radical (unpaired) electrons. The van der Waals surface area contributed by atoms with Crippen molar-refractivity contribution in [3.05, 3.63) is 144 Å². The van der Waals surface area contributed by atoms with Crippen LogP contribution in [0.1, 0.15) is 26.3 Å². The number of hydrogen-bond donors (Lipinski definition) is 2. The Morgan fingerprint density at radius 1 is 0.641 bits per heavy atom. The molecule has 0 fully saturated rings. The summed E-state index contributed by atoms with van der Waals surface area (Å²) < 4.78 is 12.0. The molecule has 0 aliphatic heterocycles. The van der Waals surface area contributed by atoms with Crippen molar-refractivity contribution in [1.82, 2.24) is 0 Å². The maximum atomic E-state index is 13.6. The lowest BCUT2D eigenvalue weighted by Crippen LogP contribution is -2.16. The summed E-state index contributed by atoms with van der Waals surface area (Å²) in [5, 5.41) is 12.6. The molecule has 2 N–H and O–H groups in total. The number of hydrogen-bond acceptors (Lipinski definition) is 4. The zero-order valence-electron chi connectivity index (χ0n) is 20.9. The summed E-state index contributed by atoms with van der Waals surface area (Å²) in [7, 11) is 0. The first kappa shape index (κ1) is 25.3. The highest BCUT2D eigenvalue weighted by atomic mass is 16.5. The summed E-state index contributed by atoms with van der Waals surface area (Å²) in [5.74, 6) is -0.274. The van der Waals surface area contributed by atoms with Crippen LogP contribution in [0.5, 0.6) is 17.2 Å². The minimum atomic E-state index is -1.15. The molecule has 39 heavy (non-hydrogen) atoms. The molecule has 5 rings (SSSR count). The first-order chi connectivity index (χ1) is 19.1. The molecule has 0 spiro atoms. The van der Waals surface area contributed by atoms with E-state index in [0.29, 0.717) is 17.2 Å². The molecule has 5 aromatic carbocycles. The van der Waals surface area contributed by atoms with Crippen LogP contribution < -0.4 is 14.8 Å². The van der Waals surface area contributed by atoms with Gasteiger partial charge in [-0.25, -0.2) is 4.79 Å². The van der Waals surface area contributed by atoms with E-state index in [4.69, 9.17) is 9.47 Å². The minimum absolute atomic E-state index is 0.0218. The van der Waals surface area contributed by atoms with E-state index in [1.54, 1.807) is 30.3 Å². The summed E-state index contributed by atoms with van der Waals surface area (Å²) in [4.78, 5) is 25.6. The Labute approximate surface area is 226 Å². The number of amides is 1. The van der Waals surface area contributed by atoms with Crippen LogP contribution in [0.25, 0.3) is 11.1 Å². The van der Waals surface area contributed by atoms with Gasteiger partial charge in [0.25, 0.3) is 5.91 Å². The molecule has 1 amide bonds. The lowest BCUT2D eigenvalue weighted by molar-refractivity contribution is 0.0698. The van der Waals surface area contributed by atoms with Gasteiger partial charge in [-0.1, -0.05) is 84.9 Å². The van der Waals surface area contributed by atoms with E-state index < -0.39 is 11.9 Å². The van der Waals surface area contributed by atoms with Gasteiger partial charge in [0.05, 0.1) is 16.8 Å². The van der Waals surface area contributed by atoms with E-state index in [1.807, 2.05) is 91.0 Å². The molecular formula is C33H25NO5. The largest absolute Gasteiger partial charge is 0.488 e. The van der Waals surface area contributed by atoms with Crippen LogP contribution in [0.15, 0.2) is 127 Å². The Morgan fingerprint density at radius 3 is 2.00 bits per heavy atom. The first-order valence-corrected chi connectivity index (χ1v) is 12.3. The van der Waals surface area contributed by atoms with E-state index >= 15 is 0 Å². The Kier molecular flexibility index (Phi) is 7.65. The number of carboxylic acid groups (broad SMARTS) is 1. The van der Waals surface area contributed by atoms with Crippen molar-refractivity contribution in [3.8, 4) is 28.4 Å². The second-order valence-corrected chi connectivity index (χ2v) is 8.73. The summed E-state index contributed by atoms with van der Waals surface area (Å²) >= 11 is 0. The molecule has 6 nitrogen and oxygen atoms in total. The predicted octanol–water partition coefficient (Wildman–Crippen LogP) is 7.68. The number of anilines is 1. The summed E-state index contributed by atoms with van der Waals surface area (Å²) in [6.07, 6.45) is 0. The Morgan fingerprint density at radius 2 is 1.31 bits per heavy atom. The molecule has 0 saturated carbocycles. The highest BCUT2D eigenvalue weighted by molar-refractivity contribution is 6.09. The fraction of sp³-hybridized carbons (Fsp3) is 0.0303. The quantitative estimate of drug-likeness (QED) is 0.210. The standard InChI is InChI=1S/C33H25NO5/c35-32(34-30-20-25(16-18-28(30)33(36)37)24-12-6-2-7-13-24)29-21-27(39-26-14-8-3-9-15-26)17-19-31(29)38-22-23-10-4-1-5-11-23/h1-21H,22H2,(H,34,35)(H,36,37). The number of nitrogens with one attached hydrogen (secondary N) is 1. The van der Waals surface area contributed by atoms with Crippen LogP contribution in [0.2, 0.25) is 0 Å². The smallest absolute Gasteiger partial charge is 0.337 e. The van der Waals surface area contributed by atoms with Crippen molar-refractivity contribution in [3.63, 3.8) is 0 Å². The van der Waals surface area contributed by atoms with Crippen LogP contribution in [-0.2, 0) is 6.61 Å². The maximum Gasteiger partial charge on any atom is 0.337 e. The van der Waals surface area contributed by atoms with Gasteiger partial charge in [-0.2, -0.15) is 0 Å². The van der Waals surface area contributed by atoms with Crippen molar-refractivity contribution >= 4 is 17.6 Å². The molecule has 0 atom stereocenters. The van der Waals surface area contributed by atoms with Gasteiger partial charge in [-0.3, -0.25) is 4.79 Å². The number of carbonyl (C=O) groups is 2. The number of ether oxygens (including phenoxy) is 2. The Balaban J connectivity index is 1.48. The predicted molar refractivity (Wildman–Crippen MR) is 151 cm³/mol. The van der Waals surface area contributed by atoms with Crippen LogP contribution >= 0.6 is 0 Å². The molecule has 0 unspecified atom stereocenters. The minimum Gasteiger partial charge on any atom is -0.488 e. The fourth-order valence-corrected chi connectivity index (χ4v) is 4.07. The van der Waals surface area contributed by atoms with Crippen molar-refractivity contribution in [2.24, 2.45) is 0 Å². The van der Waals surface area contributed by atoms with Gasteiger partial charge in [-0.15, -0.1) is 0 Å². The SMILES string of the molecule is O=C(O)c1ccc(-c2ccccc2)cc1NC(=O)c1cc(Oc2ccccc2)ccc1OCc1ccccc1. The average Bonchev–Trinajstić information content (AvgIpc) is 2.98. The highest BCUT2D eigenvalue weighted by Gasteiger charge is 2.19. The third kappa shape index (κ3) is 6.32. The second-order valence-electron chi connectivity index (χ2n) is 8.73. The molecule has 0 bridgehead atoms. The molecule has 0 aliphatic carbocycles. The third-order valence-electron chi connectivity index (χ3n) is 6.02. The lowest BCUT2D eigenvalue weighted by Gasteiger charge is -2.15. The topological polar surface area (TPSA) is 84.9 Å². The summed E-state index contributed by atoms with van der Waals surface area (Å²) in [6.45, 7) is 0.254. The van der Waals surface area contributed by atoms with Gasteiger partial charge in [0, 0.05) is 0 Å². The van der Waals surface area contributed by atoms with Crippen LogP contribution in [0, 0.1) is 0 Å². The van der Waals surface area contributed by atoms with Gasteiger partial charge in [-0.05, 0) is 59.2 Å². The van der Waals surface area contributed by atoms with Crippen LogP contribution in [0.3, 0.4) is 0 Å². The Hall–Kier alpha value is -5.36.